The largest absolute Gasteiger partial charge is 0.461 e. The average Bonchev–Trinajstić information content (AvgIpc) is 2.88. The minimum Gasteiger partial charge on any atom is -0.461 e. The molecule has 0 amide bonds. The summed E-state index contributed by atoms with van der Waals surface area (Å²) in [5.74, 6) is -0.550. The van der Waals surface area contributed by atoms with Crippen LogP contribution in [0.15, 0.2) is 30.5 Å². The number of aromatic nitrogens is 3. The summed E-state index contributed by atoms with van der Waals surface area (Å²) in [7, 11) is 0. The number of esters is 1. The van der Waals surface area contributed by atoms with E-state index in [4.69, 9.17) is 4.74 Å². The zero-order valence-corrected chi connectivity index (χ0v) is 10.0. The van der Waals surface area contributed by atoms with Crippen LogP contribution in [-0.2, 0) is 4.74 Å². The van der Waals surface area contributed by atoms with Crippen molar-refractivity contribution in [3.05, 3.63) is 46.3 Å². The molecule has 0 unspecified atom stereocenters. The standard InChI is InChI=1S/C11H10N4O4/c1-2-19-11(16)10-7-12-13-14(10)8-3-5-9(6-4-8)15(17)18/h3-7H,2H2,1H3. The van der Waals surface area contributed by atoms with Crippen LogP contribution in [0.3, 0.4) is 0 Å². The maximum atomic E-state index is 11.6. The van der Waals surface area contributed by atoms with Crippen LogP contribution < -0.4 is 0 Å². The highest BCUT2D eigenvalue weighted by atomic mass is 16.6. The molecule has 0 aliphatic carbocycles. The maximum Gasteiger partial charge on any atom is 0.358 e. The number of nitrogens with zero attached hydrogens (tertiary/aromatic N) is 4. The Morgan fingerprint density at radius 2 is 2.11 bits per heavy atom. The van der Waals surface area contributed by atoms with Crippen molar-refractivity contribution >= 4 is 11.7 Å². The number of ether oxygens (including phenoxy) is 1. The van der Waals surface area contributed by atoms with Crippen molar-refractivity contribution in [2.75, 3.05) is 6.61 Å². The van der Waals surface area contributed by atoms with Gasteiger partial charge < -0.3 is 4.74 Å². The third kappa shape index (κ3) is 2.57. The van der Waals surface area contributed by atoms with Crippen LogP contribution in [0.1, 0.15) is 17.4 Å². The third-order valence-electron chi connectivity index (χ3n) is 2.34. The van der Waals surface area contributed by atoms with Crippen LogP contribution in [0.25, 0.3) is 5.69 Å². The van der Waals surface area contributed by atoms with E-state index in [1.807, 2.05) is 0 Å². The molecule has 0 saturated carbocycles. The molecule has 2 aromatic rings. The van der Waals surface area contributed by atoms with Crippen molar-refractivity contribution in [2.45, 2.75) is 6.92 Å². The van der Waals surface area contributed by atoms with Gasteiger partial charge in [-0.2, -0.15) is 0 Å². The second-order valence-electron chi connectivity index (χ2n) is 3.53. The Morgan fingerprint density at radius 3 is 2.68 bits per heavy atom. The van der Waals surface area contributed by atoms with Crippen LogP contribution >= 0.6 is 0 Å². The van der Waals surface area contributed by atoms with Gasteiger partial charge >= 0.3 is 5.97 Å². The van der Waals surface area contributed by atoms with E-state index in [2.05, 4.69) is 10.3 Å². The fourth-order valence-corrected chi connectivity index (χ4v) is 1.49. The molecule has 0 fully saturated rings. The zero-order chi connectivity index (χ0) is 13.8. The van der Waals surface area contributed by atoms with Crippen molar-refractivity contribution in [1.29, 1.82) is 0 Å². The van der Waals surface area contributed by atoms with Crippen molar-refractivity contribution in [3.63, 3.8) is 0 Å². The first kappa shape index (κ1) is 12.7. The summed E-state index contributed by atoms with van der Waals surface area (Å²) in [6, 6.07) is 5.61. The van der Waals surface area contributed by atoms with E-state index in [0.29, 0.717) is 5.69 Å². The number of carbonyl (C=O) groups excluding carboxylic acids is 1. The van der Waals surface area contributed by atoms with Gasteiger partial charge in [-0.3, -0.25) is 10.1 Å². The molecular weight excluding hydrogens is 252 g/mol. The average molecular weight is 262 g/mol. The summed E-state index contributed by atoms with van der Waals surface area (Å²) in [4.78, 5) is 21.7. The molecule has 0 atom stereocenters. The predicted octanol–water partition coefficient (Wildman–Crippen LogP) is 1.35. The van der Waals surface area contributed by atoms with Gasteiger partial charge in [0.1, 0.15) is 0 Å². The number of hydrogen-bond acceptors (Lipinski definition) is 6. The minimum absolute atomic E-state index is 0.0402. The number of nitro benzene ring substituents is 1. The molecule has 0 aliphatic rings. The molecule has 19 heavy (non-hydrogen) atoms. The molecule has 0 radical (unpaired) electrons. The summed E-state index contributed by atoms with van der Waals surface area (Å²) in [5, 5.41) is 18.0. The van der Waals surface area contributed by atoms with Crippen molar-refractivity contribution in [3.8, 4) is 5.69 Å². The Bertz CT molecular complexity index is 605. The highest BCUT2D eigenvalue weighted by Crippen LogP contribution is 2.16. The summed E-state index contributed by atoms with van der Waals surface area (Å²) >= 11 is 0. The molecule has 0 spiro atoms. The highest BCUT2D eigenvalue weighted by Gasteiger charge is 2.16. The van der Waals surface area contributed by atoms with Crippen LogP contribution in [0, 0.1) is 10.1 Å². The van der Waals surface area contributed by atoms with E-state index < -0.39 is 10.9 Å². The lowest BCUT2D eigenvalue weighted by molar-refractivity contribution is -0.384. The number of benzene rings is 1. The van der Waals surface area contributed by atoms with Crippen LogP contribution in [0.5, 0.6) is 0 Å². The molecule has 1 aromatic carbocycles. The molecule has 0 bridgehead atoms. The van der Waals surface area contributed by atoms with E-state index in [1.54, 1.807) is 6.92 Å². The fraction of sp³-hybridized carbons (Fsp3) is 0.182. The van der Waals surface area contributed by atoms with E-state index in [1.165, 1.54) is 35.1 Å². The normalized spacial score (nSPS) is 10.2. The molecule has 8 nitrogen and oxygen atoms in total. The third-order valence-corrected chi connectivity index (χ3v) is 2.34. The van der Waals surface area contributed by atoms with E-state index in [9.17, 15) is 14.9 Å². The monoisotopic (exact) mass is 262 g/mol. The SMILES string of the molecule is CCOC(=O)c1cnnn1-c1ccc([N+](=O)[O-])cc1. The van der Waals surface area contributed by atoms with Gasteiger partial charge in [-0.1, -0.05) is 5.21 Å². The maximum absolute atomic E-state index is 11.6. The van der Waals surface area contributed by atoms with Gasteiger partial charge in [-0.05, 0) is 19.1 Å². The quantitative estimate of drug-likeness (QED) is 0.468. The summed E-state index contributed by atoms with van der Waals surface area (Å²) in [5.41, 5.74) is 0.614. The fourth-order valence-electron chi connectivity index (χ4n) is 1.49. The summed E-state index contributed by atoms with van der Waals surface area (Å²) < 4.78 is 6.13. The van der Waals surface area contributed by atoms with Gasteiger partial charge in [0.25, 0.3) is 5.69 Å². The number of rotatable bonds is 4. The Balaban J connectivity index is 2.34. The zero-order valence-electron chi connectivity index (χ0n) is 10.0. The first-order chi connectivity index (χ1) is 9.13. The van der Waals surface area contributed by atoms with Gasteiger partial charge in [0.15, 0.2) is 5.69 Å². The van der Waals surface area contributed by atoms with Gasteiger partial charge in [0.2, 0.25) is 0 Å². The van der Waals surface area contributed by atoms with Crippen LogP contribution in [-0.4, -0.2) is 32.5 Å². The van der Waals surface area contributed by atoms with Crippen molar-refractivity contribution in [2.24, 2.45) is 0 Å². The molecule has 98 valence electrons. The summed E-state index contributed by atoms with van der Waals surface area (Å²) in [6.07, 6.45) is 1.28. The van der Waals surface area contributed by atoms with E-state index in [-0.39, 0.29) is 18.0 Å². The second-order valence-corrected chi connectivity index (χ2v) is 3.53. The molecular formula is C11H10N4O4. The van der Waals surface area contributed by atoms with E-state index in [0.717, 1.165) is 0 Å². The van der Waals surface area contributed by atoms with Gasteiger partial charge in [0, 0.05) is 12.1 Å². The number of nitro groups is 1. The second kappa shape index (κ2) is 5.25. The Morgan fingerprint density at radius 1 is 1.42 bits per heavy atom. The minimum atomic E-state index is -0.550. The lowest BCUT2D eigenvalue weighted by Gasteiger charge is -2.05. The first-order valence-electron chi connectivity index (χ1n) is 5.46. The van der Waals surface area contributed by atoms with E-state index >= 15 is 0 Å². The molecule has 0 N–H and O–H groups in total. The lowest BCUT2D eigenvalue weighted by Crippen LogP contribution is -2.11. The van der Waals surface area contributed by atoms with Crippen LogP contribution in [0.4, 0.5) is 5.69 Å². The molecule has 0 aliphatic heterocycles. The molecule has 2 rings (SSSR count). The molecule has 1 aromatic heterocycles. The highest BCUT2D eigenvalue weighted by molar-refractivity contribution is 5.87. The lowest BCUT2D eigenvalue weighted by atomic mass is 10.3. The predicted molar refractivity (Wildman–Crippen MR) is 64.0 cm³/mol. The number of hydrogen-bond donors (Lipinski definition) is 0. The van der Waals surface area contributed by atoms with Gasteiger partial charge in [-0.25, -0.2) is 9.48 Å². The number of carbonyl (C=O) groups is 1. The smallest absolute Gasteiger partial charge is 0.358 e. The topological polar surface area (TPSA) is 100 Å². The van der Waals surface area contributed by atoms with Crippen LogP contribution in [0.2, 0.25) is 0 Å². The number of non-ortho nitro benzene ring substituents is 1. The van der Waals surface area contributed by atoms with Crippen molar-refractivity contribution in [1.82, 2.24) is 15.0 Å². The Kier molecular flexibility index (Phi) is 3.51. The molecule has 1 heterocycles. The van der Waals surface area contributed by atoms with Crippen molar-refractivity contribution < 1.29 is 14.5 Å². The van der Waals surface area contributed by atoms with Gasteiger partial charge in [0.05, 0.1) is 23.4 Å². The Hall–Kier alpha value is -2.77. The Labute approximate surface area is 107 Å². The molecule has 0 saturated heterocycles. The van der Waals surface area contributed by atoms with Gasteiger partial charge in [-0.15, -0.1) is 5.10 Å². The first-order valence-corrected chi connectivity index (χ1v) is 5.46. The molecule has 8 heteroatoms. The summed E-state index contributed by atoms with van der Waals surface area (Å²) in [6.45, 7) is 1.93.